The molecule has 1 fully saturated rings. The number of ether oxygens (including phenoxy) is 1. The van der Waals surface area contributed by atoms with Crippen LogP contribution in [0.1, 0.15) is 31.7 Å². The maximum absolute atomic E-state index is 11.8. The molecular weight excluding hydrogens is 336 g/mol. The predicted molar refractivity (Wildman–Crippen MR) is 99.5 cm³/mol. The van der Waals surface area contributed by atoms with Gasteiger partial charge in [-0.3, -0.25) is 9.36 Å². The van der Waals surface area contributed by atoms with Gasteiger partial charge in [0.05, 0.1) is 12.8 Å². The first-order valence-corrected chi connectivity index (χ1v) is 9.50. The molecule has 1 aromatic heterocycles. The lowest BCUT2D eigenvalue weighted by atomic mass is 10.1. The zero-order valence-corrected chi connectivity index (χ0v) is 15.8. The molecule has 3 rings (SSSR count). The molecule has 1 aliphatic heterocycles. The molecule has 6 nitrogen and oxygen atoms in total. The number of hydrogen-bond acceptors (Lipinski definition) is 6. The molecule has 0 unspecified atom stereocenters. The molecule has 1 saturated heterocycles. The Hall–Kier alpha value is -2.02. The Morgan fingerprint density at radius 3 is 2.48 bits per heavy atom. The Labute approximate surface area is 152 Å². The van der Waals surface area contributed by atoms with Gasteiger partial charge in [-0.15, -0.1) is 10.2 Å². The minimum absolute atomic E-state index is 0.261. The zero-order valence-electron chi connectivity index (χ0n) is 14.9. The van der Waals surface area contributed by atoms with E-state index in [2.05, 4.69) is 50.9 Å². The average molecular weight is 360 g/mol. The number of carbonyl (C=O) groups excluding carboxylic acids is 1. The molecule has 1 aromatic carbocycles. The van der Waals surface area contributed by atoms with Gasteiger partial charge in [0.25, 0.3) is 0 Å². The number of piperidine rings is 1. The lowest BCUT2D eigenvalue weighted by Gasteiger charge is -2.28. The quantitative estimate of drug-likeness (QED) is 0.603. The SMILES string of the molecule is COC(=O)[C@H](C)Sc1nnc(N2CCCCC2)n1-c1ccc(C)cc1. The van der Waals surface area contributed by atoms with Crippen LogP contribution in [0.25, 0.3) is 5.69 Å². The van der Waals surface area contributed by atoms with Gasteiger partial charge in [-0.25, -0.2) is 0 Å². The van der Waals surface area contributed by atoms with Crippen LogP contribution in [0.4, 0.5) is 5.95 Å². The topological polar surface area (TPSA) is 60.2 Å². The number of esters is 1. The Kier molecular flexibility index (Phi) is 5.63. The van der Waals surface area contributed by atoms with E-state index in [-0.39, 0.29) is 11.2 Å². The van der Waals surface area contributed by atoms with Crippen molar-refractivity contribution >= 4 is 23.7 Å². The van der Waals surface area contributed by atoms with Crippen LogP contribution in [-0.2, 0) is 9.53 Å². The van der Waals surface area contributed by atoms with Crippen molar-refractivity contribution in [2.24, 2.45) is 0 Å². The third-order valence-corrected chi connectivity index (χ3v) is 5.38. The van der Waals surface area contributed by atoms with Crippen molar-refractivity contribution in [3.8, 4) is 5.69 Å². The van der Waals surface area contributed by atoms with Gasteiger partial charge < -0.3 is 9.64 Å². The summed E-state index contributed by atoms with van der Waals surface area (Å²) in [5.74, 6) is 0.589. The van der Waals surface area contributed by atoms with E-state index >= 15 is 0 Å². The number of hydrogen-bond donors (Lipinski definition) is 0. The van der Waals surface area contributed by atoms with Crippen LogP contribution in [0.5, 0.6) is 0 Å². The van der Waals surface area contributed by atoms with E-state index in [1.807, 2.05) is 6.92 Å². The molecule has 25 heavy (non-hydrogen) atoms. The zero-order chi connectivity index (χ0) is 17.8. The maximum atomic E-state index is 11.8. The Morgan fingerprint density at radius 2 is 1.84 bits per heavy atom. The Bertz CT molecular complexity index is 723. The van der Waals surface area contributed by atoms with E-state index < -0.39 is 0 Å². The fourth-order valence-electron chi connectivity index (χ4n) is 2.93. The summed E-state index contributed by atoms with van der Waals surface area (Å²) in [5, 5.41) is 9.19. The van der Waals surface area contributed by atoms with Crippen LogP contribution in [0.15, 0.2) is 29.4 Å². The Morgan fingerprint density at radius 1 is 1.16 bits per heavy atom. The van der Waals surface area contributed by atoms with Crippen molar-refractivity contribution in [2.45, 2.75) is 43.5 Å². The fourth-order valence-corrected chi connectivity index (χ4v) is 3.82. The van der Waals surface area contributed by atoms with Crippen LogP contribution < -0.4 is 4.90 Å². The van der Waals surface area contributed by atoms with Crippen molar-refractivity contribution in [1.82, 2.24) is 14.8 Å². The lowest BCUT2D eigenvalue weighted by Crippen LogP contribution is -2.31. The second-order valence-corrected chi connectivity index (χ2v) is 7.59. The minimum Gasteiger partial charge on any atom is -0.468 e. The van der Waals surface area contributed by atoms with Gasteiger partial charge in [-0.05, 0) is 45.2 Å². The van der Waals surface area contributed by atoms with E-state index in [0.29, 0.717) is 5.16 Å². The van der Waals surface area contributed by atoms with Crippen molar-refractivity contribution in [3.05, 3.63) is 29.8 Å². The number of benzene rings is 1. The number of anilines is 1. The maximum Gasteiger partial charge on any atom is 0.318 e. The molecule has 2 aromatic rings. The third-order valence-electron chi connectivity index (χ3n) is 4.36. The highest BCUT2D eigenvalue weighted by Gasteiger charge is 2.24. The number of carbonyl (C=O) groups is 1. The normalized spacial score (nSPS) is 15.9. The molecule has 0 bridgehead atoms. The summed E-state index contributed by atoms with van der Waals surface area (Å²) in [4.78, 5) is 14.1. The van der Waals surface area contributed by atoms with Crippen LogP contribution in [0.3, 0.4) is 0 Å². The highest BCUT2D eigenvalue weighted by atomic mass is 32.2. The van der Waals surface area contributed by atoms with Crippen LogP contribution in [0.2, 0.25) is 0 Å². The number of aryl methyl sites for hydroxylation is 1. The summed E-state index contributed by atoms with van der Waals surface area (Å²) >= 11 is 1.37. The standard InChI is InChI=1S/C18H24N4O2S/c1-13-7-9-15(10-8-13)22-17(21-11-5-4-6-12-21)19-20-18(22)25-14(2)16(23)24-3/h7-10,14H,4-6,11-12H2,1-3H3/t14-/m0/s1. The molecule has 2 heterocycles. The average Bonchev–Trinajstić information content (AvgIpc) is 3.06. The molecule has 1 atom stereocenters. The van der Waals surface area contributed by atoms with Crippen molar-refractivity contribution in [1.29, 1.82) is 0 Å². The second kappa shape index (κ2) is 7.91. The van der Waals surface area contributed by atoms with E-state index in [1.54, 1.807) is 0 Å². The molecule has 0 spiro atoms. The van der Waals surface area contributed by atoms with Crippen LogP contribution >= 0.6 is 11.8 Å². The first kappa shape index (κ1) is 17.8. The Balaban J connectivity index is 1.98. The van der Waals surface area contributed by atoms with Crippen LogP contribution in [0, 0.1) is 6.92 Å². The minimum atomic E-state index is -0.340. The molecule has 0 N–H and O–H groups in total. The summed E-state index contributed by atoms with van der Waals surface area (Å²) in [5.41, 5.74) is 2.21. The van der Waals surface area contributed by atoms with Gasteiger partial charge in [0, 0.05) is 13.1 Å². The fraction of sp³-hybridized carbons (Fsp3) is 0.500. The van der Waals surface area contributed by atoms with E-state index in [9.17, 15) is 4.79 Å². The molecule has 0 amide bonds. The number of aromatic nitrogens is 3. The van der Waals surface area contributed by atoms with E-state index in [4.69, 9.17) is 4.74 Å². The van der Waals surface area contributed by atoms with Gasteiger partial charge >= 0.3 is 5.97 Å². The second-order valence-electron chi connectivity index (χ2n) is 6.28. The van der Waals surface area contributed by atoms with Crippen molar-refractivity contribution in [2.75, 3.05) is 25.1 Å². The molecular formula is C18H24N4O2S. The number of thioether (sulfide) groups is 1. The largest absolute Gasteiger partial charge is 0.468 e. The molecule has 0 radical (unpaired) electrons. The molecule has 0 saturated carbocycles. The summed E-state index contributed by atoms with van der Waals surface area (Å²) in [6, 6.07) is 8.29. The summed E-state index contributed by atoms with van der Waals surface area (Å²) < 4.78 is 6.89. The predicted octanol–water partition coefficient (Wildman–Crippen LogP) is 3.22. The lowest BCUT2D eigenvalue weighted by molar-refractivity contribution is -0.139. The monoisotopic (exact) mass is 360 g/mol. The van der Waals surface area contributed by atoms with Gasteiger partial charge in [-0.1, -0.05) is 29.5 Å². The number of methoxy groups -OCH3 is 1. The van der Waals surface area contributed by atoms with E-state index in [1.165, 1.54) is 43.7 Å². The third kappa shape index (κ3) is 3.98. The highest BCUT2D eigenvalue weighted by Crippen LogP contribution is 2.30. The van der Waals surface area contributed by atoms with Crippen LogP contribution in [-0.4, -0.2) is 46.2 Å². The van der Waals surface area contributed by atoms with E-state index in [0.717, 1.165) is 24.7 Å². The molecule has 7 heteroatoms. The summed E-state index contributed by atoms with van der Waals surface area (Å²) in [7, 11) is 1.41. The molecule has 134 valence electrons. The van der Waals surface area contributed by atoms with Gasteiger partial charge in [-0.2, -0.15) is 0 Å². The smallest absolute Gasteiger partial charge is 0.318 e. The molecule has 0 aliphatic carbocycles. The number of rotatable bonds is 5. The molecule has 1 aliphatic rings. The summed E-state index contributed by atoms with van der Waals surface area (Å²) in [6.07, 6.45) is 3.60. The van der Waals surface area contributed by atoms with Gasteiger partial charge in [0.2, 0.25) is 5.95 Å². The van der Waals surface area contributed by atoms with Gasteiger partial charge in [0.15, 0.2) is 5.16 Å². The first-order valence-electron chi connectivity index (χ1n) is 8.62. The number of nitrogens with zero attached hydrogens (tertiary/aromatic N) is 4. The van der Waals surface area contributed by atoms with Gasteiger partial charge in [0.1, 0.15) is 5.25 Å². The van der Waals surface area contributed by atoms with Crippen molar-refractivity contribution in [3.63, 3.8) is 0 Å². The highest BCUT2D eigenvalue weighted by molar-refractivity contribution is 8.00. The first-order chi connectivity index (χ1) is 12.1. The summed E-state index contributed by atoms with van der Waals surface area (Å²) in [6.45, 7) is 5.87. The van der Waals surface area contributed by atoms with Crippen molar-refractivity contribution < 1.29 is 9.53 Å².